The molecule has 0 aromatic heterocycles. The molecular weight excluding hydrogens is 457 g/mol. The number of piperidine rings is 1. The number of nitriles is 1. The van der Waals surface area contributed by atoms with Crippen molar-refractivity contribution in [3.8, 4) is 6.07 Å². The van der Waals surface area contributed by atoms with Crippen LogP contribution in [0.1, 0.15) is 29.5 Å². The number of urea groups is 1. The van der Waals surface area contributed by atoms with Crippen molar-refractivity contribution in [2.45, 2.75) is 25.9 Å². The van der Waals surface area contributed by atoms with Crippen molar-refractivity contribution in [2.75, 3.05) is 50.1 Å². The molecule has 2 aliphatic rings. The fourth-order valence-corrected chi connectivity index (χ4v) is 5.30. The first-order valence-corrected chi connectivity index (χ1v) is 11.6. The molecule has 2 saturated heterocycles. The summed E-state index contributed by atoms with van der Waals surface area (Å²) in [6.45, 7) is 4.78. The van der Waals surface area contributed by atoms with Crippen molar-refractivity contribution in [1.29, 1.82) is 5.26 Å². The average molecular weight is 487 g/mol. The highest BCUT2D eigenvalue weighted by Gasteiger charge is 2.49. The number of aryl methyl sites for hydroxylation is 1. The number of methoxy groups -OCH3 is 1. The van der Waals surface area contributed by atoms with E-state index in [1.165, 1.54) is 6.07 Å². The zero-order chi connectivity index (χ0) is 25.2. The second kappa shape index (κ2) is 9.78. The number of benzene rings is 2. The van der Waals surface area contributed by atoms with E-state index in [0.29, 0.717) is 38.5 Å². The van der Waals surface area contributed by atoms with E-state index in [2.05, 4.69) is 5.32 Å². The van der Waals surface area contributed by atoms with Gasteiger partial charge in [-0.2, -0.15) is 18.4 Å². The van der Waals surface area contributed by atoms with Crippen molar-refractivity contribution in [3.05, 3.63) is 59.2 Å². The summed E-state index contributed by atoms with van der Waals surface area (Å²) in [6, 6.07) is 13.0. The third-order valence-electron chi connectivity index (χ3n) is 7.32. The average Bonchev–Trinajstić information content (AvgIpc) is 3.18. The summed E-state index contributed by atoms with van der Waals surface area (Å²) in [6.07, 6.45) is -3.12. The van der Waals surface area contributed by atoms with Crippen LogP contribution in [-0.4, -0.2) is 50.8 Å². The minimum absolute atomic E-state index is 0.144. The molecule has 2 aliphatic heterocycles. The summed E-state index contributed by atoms with van der Waals surface area (Å²) in [7, 11) is 1.65. The molecule has 0 radical (unpaired) electrons. The molecule has 2 amide bonds. The minimum atomic E-state index is -4.58. The van der Waals surface area contributed by atoms with Gasteiger partial charge < -0.3 is 19.9 Å². The number of carbonyl (C=O) groups is 1. The molecule has 1 spiro atoms. The Morgan fingerprint density at radius 1 is 1.20 bits per heavy atom. The third kappa shape index (κ3) is 5.22. The second-order valence-electron chi connectivity index (χ2n) is 9.52. The molecule has 4 rings (SSSR count). The second-order valence-corrected chi connectivity index (χ2v) is 9.52. The van der Waals surface area contributed by atoms with Gasteiger partial charge in [0.05, 0.1) is 23.8 Å². The van der Waals surface area contributed by atoms with Crippen molar-refractivity contribution in [3.63, 3.8) is 0 Å². The summed E-state index contributed by atoms with van der Waals surface area (Å²) in [5.41, 5.74) is 0.870. The van der Waals surface area contributed by atoms with Crippen LogP contribution in [-0.2, 0) is 10.9 Å². The van der Waals surface area contributed by atoms with E-state index in [9.17, 15) is 18.0 Å². The van der Waals surface area contributed by atoms with E-state index >= 15 is 0 Å². The predicted octanol–water partition coefficient (Wildman–Crippen LogP) is 5.28. The number of ether oxygens (including phenoxy) is 1. The lowest BCUT2D eigenvalue weighted by atomic mass is 9.71. The molecule has 2 aromatic rings. The van der Waals surface area contributed by atoms with Gasteiger partial charge in [0.2, 0.25) is 0 Å². The SMILES string of the molecule is COCC1CN(C(=O)Nc2ccc(C)cc2)CC12CCN(c1ccc(C#N)c(C(F)(F)F)c1)CC2. The molecule has 2 heterocycles. The van der Waals surface area contributed by atoms with Gasteiger partial charge in [-0.05, 0) is 55.5 Å². The number of halogens is 3. The highest BCUT2D eigenvalue weighted by atomic mass is 19.4. The van der Waals surface area contributed by atoms with Gasteiger partial charge in [-0.1, -0.05) is 17.7 Å². The minimum Gasteiger partial charge on any atom is -0.384 e. The van der Waals surface area contributed by atoms with Crippen LogP contribution in [0.2, 0.25) is 0 Å². The van der Waals surface area contributed by atoms with Crippen LogP contribution in [0.3, 0.4) is 0 Å². The predicted molar refractivity (Wildman–Crippen MR) is 127 cm³/mol. The summed E-state index contributed by atoms with van der Waals surface area (Å²) in [5.74, 6) is 0.144. The van der Waals surface area contributed by atoms with E-state index in [4.69, 9.17) is 10.00 Å². The maximum atomic E-state index is 13.4. The van der Waals surface area contributed by atoms with Crippen LogP contribution < -0.4 is 10.2 Å². The number of hydrogen-bond acceptors (Lipinski definition) is 4. The van der Waals surface area contributed by atoms with Crippen LogP contribution in [0.4, 0.5) is 29.3 Å². The zero-order valence-electron chi connectivity index (χ0n) is 19.9. The smallest absolute Gasteiger partial charge is 0.384 e. The summed E-state index contributed by atoms with van der Waals surface area (Å²) >= 11 is 0. The Labute approximate surface area is 203 Å². The maximum absolute atomic E-state index is 13.4. The number of likely N-dealkylation sites (tertiary alicyclic amines) is 1. The lowest BCUT2D eigenvalue weighted by molar-refractivity contribution is -0.137. The van der Waals surface area contributed by atoms with Gasteiger partial charge in [-0.15, -0.1) is 0 Å². The van der Waals surface area contributed by atoms with E-state index in [0.717, 1.165) is 30.2 Å². The van der Waals surface area contributed by atoms with Crippen molar-refractivity contribution < 1.29 is 22.7 Å². The molecule has 186 valence electrons. The molecule has 1 atom stereocenters. The Kier molecular flexibility index (Phi) is 6.95. The Balaban J connectivity index is 1.47. The van der Waals surface area contributed by atoms with Crippen molar-refractivity contribution in [1.82, 2.24) is 4.90 Å². The Bertz CT molecular complexity index is 1100. The number of rotatable bonds is 4. The lowest BCUT2D eigenvalue weighted by Gasteiger charge is -2.43. The van der Waals surface area contributed by atoms with Crippen LogP contribution in [0.25, 0.3) is 0 Å². The van der Waals surface area contributed by atoms with Crippen LogP contribution in [0.5, 0.6) is 0 Å². The summed E-state index contributed by atoms with van der Waals surface area (Å²) < 4.78 is 45.8. The van der Waals surface area contributed by atoms with Gasteiger partial charge in [0, 0.05) is 50.6 Å². The Morgan fingerprint density at radius 3 is 2.49 bits per heavy atom. The van der Waals surface area contributed by atoms with Gasteiger partial charge in [-0.3, -0.25) is 0 Å². The van der Waals surface area contributed by atoms with Gasteiger partial charge in [0.15, 0.2) is 0 Å². The number of nitrogens with zero attached hydrogens (tertiary/aromatic N) is 3. The molecule has 9 heteroatoms. The number of alkyl halides is 3. The molecule has 1 N–H and O–H groups in total. The van der Waals surface area contributed by atoms with Gasteiger partial charge in [0.25, 0.3) is 0 Å². The van der Waals surface area contributed by atoms with Crippen molar-refractivity contribution >= 4 is 17.4 Å². The van der Waals surface area contributed by atoms with Gasteiger partial charge in [-0.25, -0.2) is 4.79 Å². The third-order valence-corrected chi connectivity index (χ3v) is 7.32. The largest absolute Gasteiger partial charge is 0.417 e. The normalized spacial score (nSPS) is 19.6. The highest BCUT2D eigenvalue weighted by Crippen LogP contribution is 2.46. The standard InChI is InChI=1S/C26H29F3N4O2/c1-18-3-6-21(7-4-18)31-24(34)33-15-20(16-35-2)25(17-33)9-11-32(12-10-25)22-8-5-19(14-30)23(13-22)26(27,28)29/h3-8,13,20H,9-12,15-17H2,1-2H3,(H,31,34). The number of carbonyl (C=O) groups excluding carboxylic acids is 1. The molecule has 0 bridgehead atoms. The topological polar surface area (TPSA) is 68.6 Å². The van der Waals surface area contributed by atoms with Crippen LogP contribution >= 0.6 is 0 Å². The molecule has 2 aromatic carbocycles. The summed E-state index contributed by atoms with van der Waals surface area (Å²) in [4.78, 5) is 16.7. The van der Waals surface area contributed by atoms with E-state index in [-0.39, 0.29) is 22.9 Å². The van der Waals surface area contributed by atoms with Gasteiger partial charge in [0.1, 0.15) is 0 Å². The van der Waals surface area contributed by atoms with Crippen LogP contribution in [0, 0.1) is 29.6 Å². The van der Waals surface area contributed by atoms with Crippen LogP contribution in [0.15, 0.2) is 42.5 Å². The molecule has 35 heavy (non-hydrogen) atoms. The molecule has 0 aliphatic carbocycles. The first-order valence-electron chi connectivity index (χ1n) is 11.6. The zero-order valence-corrected chi connectivity index (χ0v) is 19.9. The molecule has 1 unspecified atom stereocenters. The highest BCUT2D eigenvalue weighted by molar-refractivity contribution is 5.89. The first-order chi connectivity index (χ1) is 16.6. The van der Waals surface area contributed by atoms with Crippen molar-refractivity contribution in [2.24, 2.45) is 11.3 Å². The Hall–Kier alpha value is -3.25. The monoisotopic (exact) mass is 486 g/mol. The van der Waals surface area contributed by atoms with Gasteiger partial charge >= 0.3 is 12.2 Å². The van der Waals surface area contributed by atoms with E-state index in [1.807, 2.05) is 41.0 Å². The summed E-state index contributed by atoms with van der Waals surface area (Å²) in [5, 5.41) is 12.0. The maximum Gasteiger partial charge on any atom is 0.417 e. The Morgan fingerprint density at radius 2 is 1.89 bits per heavy atom. The molecule has 0 saturated carbocycles. The molecule has 2 fully saturated rings. The number of nitrogens with one attached hydrogen (secondary N) is 1. The molecule has 6 nitrogen and oxygen atoms in total. The fraction of sp³-hybridized carbons (Fsp3) is 0.462. The quantitative estimate of drug-likeness (QED) is 0.638. The first kappa shape index (κ1) is 24.9. The fourth-order valence-electron chi connectivity index (χ4n) is 5.30. The number of amides is 2. The number of anilines is 2. The number of hydrogen-bond donors (Lipinski definition) is 1. The molecular formula is C26H29F3N4O2. The lowest BCUT2D eigenvalue weighted by Crippen LogP contribution is -2.45. The van der Waals surface area contributed by atoms with E-state index in [1.54, 1.807) is 19.2 Å². The van der Waals surface area contributed by atoms with E-state index < -0.39 is 11.7 Å².